The van der Waals surface area contributed by atoms with Crippen LogP contribution in [0.2, 0.25) is 0 Å². The summed E-state index contributed by atoms with van der Waals surface area (Å²) in [5, 5.41) is 5.84. The minimum Gasteiger partial charge on any atom is -0.493 e. The highest BCUT2D eigenvalue weighted by molar-refractivity contribution is 6.04. The number of nitrogens with one attached hydrogen (secondary N) is 1. The lowest BCUT2D eigenvalue weighted by atomic mass is 10.0. The second-order valence-electron chi connectivity index (χ2n) is 7.69. The zero-order valence-corrected chi connectivity index (χ0v) is 19.4. The molecular formula is C28H24N2O5. The van der Waals surface area contributed by atoms with Crippen LogP contribution in [-0.4, -0.2) is 31.8 Å². The fourth-order valence-corrected chi connectivity index (χ4v) is 3.43. The Balaban J connectivity index is 1.50. The van der Waals surface area contributed by atoms with Crippen LogP contribution in [0.25, 0.3) is 10.8 Å². The number of benzene rings is 4. The molecule has 0 spiro atoms. The van der Waals surface area contributed by atoms with Gasteiger partial charge in [0.25, 0.3) is 5.91 Å². The Bertz CT molecular complexity index is 1380. The van der Waals surface area contributed by atoms with Crippen molar-refractivity contribution in [3.63, 3.8) is 0 Å². The first kappa shape index (κ1) is 23.5. The Morgan fingerprint density at radius 3 is 2.34 bits per heavy atom. The van der Waals surface area contributed by atoms with Crippen LogP contribution in [0.4, 0.5) is 0 Å². The third-order valence-corrected chi connectivity index (χ3v) is 5.23. The minimum absolute atomic E-state index is 0.248. The van der Waals surface area contributed by atoms with Gasteiger partial charge in [-0.3, -0.25) is 4.79 Å². The number of esters is 1. The van der Waals surface area contributed by atoms with Crippen molar-refractivity contribution in [3.8, 4) is 17.2 Å². The van der Waals surface area contributed by atoms with E-state index < -0.39 is 11.9 Å². The van der Waals surface area contributed by atoms with E-state index in [2.05, 4.69) is 10.5 Å². The zero-order chi connectivity index (χ0) is 24.6. The molecule has 0 unspecified atom stereocenters. The van der Waals surface area contributed by atoms with Crippen molar-refractivity contribution >= 4 is 28.9 Å². The zero-order valence-electron chi connectivity index (χ0n) is 19.4. The SMILES string of the molecule is COc1ccccc1OCC(=O)NN=Cc1c(OC(=O)c2ccc(C)cc2)ccc2ccccc12. The maximum Gasteiger partial charge on any atom is 0.343 e. The Morgan fingerprint density at radius 2 is 1.57 bits per heavy atom. The second-order valence-corrected chi connectivity index (χ2v) is 7.69. The van der Waals surface area contributed by atoms with Gasteiger partial charge in [-0.15, -0.1) is 0 Å². The number of carbonyl (C=O) groups excluding carboxylic acids is 2. The van der Waals surface area contributed by atoms with Crippen LogP contribution in [0.1, 0.15) is 21.5 Å². The Labute approximate surface area is 202 Å². The van der Waals surface area contributed by atoms with E-state index in [0.717, 1.165) is 16.3 Å². The summed E-state index contributed by atoms with van der Waals surface area (Å²) in [6.07, 6.45) is 1.46. The van der Waals surface area contributed by atoms with E-state index in [1.54, 1.807) is 36.4 Å². The van der Waals surface area contributed by atoms with Gasteiger partial charge in [-0.25, -0.2) is 10.2 Å². The maximum absolute atomic E-state index is 12.7. The lowest BCUT2D eigenvalue weighted by Crippen LogP contribution is -2.24. The summed E-state index contributed by atoms with van der Waals surface area (Å²) in [4.78, 5) is 25.0. The third kappa shape index (κ3) is 5.83. The summed E-state index contributed by atoms with van der Waals surface area (Å²) in [5.41, 5.74) is 4.50. The number of para-hydroxylation sites is 2. The third-order valence-electron chi connectivity index (χ3n) is 5.23. The number of fused-ring (bicyclic) bond motifs is 1. The van der Waals surface area contributed by atoms with Crippen molar-refractivity contribution in [2.75, 3.05) is 13.7 Å². The van der Waals surface area contributed by atoms with Gasteiger partial charge in [0.15, 0.2) is 18.1 Å². The van der Waals surface area contributed by atoms with Crippen molar-refractivity contribution in [1.82, 2.24) is 5.43 Å². The van der Waals surface area contributed by atoms with Gasteiger partial charge in [0, 0.05) is 5.56 Å². The molecule has 0 atom stereocenters. The number of carbonyl (C=O) groups is 2. The largest absolute Gasteiger partial charge is 0.493 e. The molecule has 0 saturated heterocycles. The van der Waals surface area contributed by atoms with Crippen LogP contribution in [-0.2, 0) is 4.79 Å². The number of hydrogen-bond acceptors (Lipinski definition) is 6. The van der Waals surface area contributed by atoms with Crippen molar-refractivity contribution in [1.29, 1.82) is 0 Å². The van der Waals surface area contributed by atoms with E-state index in [-0.39, 0.29) is 6.61 Å². The van der Waals surface area contributed by atoms with Gasteiger partial charge in [-0.2, -0.15) is 5.10 Å². The van der Waals surface area contributed by atoms with E-state index in [0.29, 0.717) is 28.4 Å². The molecule has 0 radical (unpaired) electrons. The van der Waals surface area contributed by atoms with E-state index in [1.807, 2.05) is 55.5 Å². The lowest BCUT2D eigenvalue weighted by molar-refractivity contribution is -0.123. The predicted octanol–water partition coefficient (Wildman–Crippen LogP) is 4.91. The quantitative estimate of drug-likeness (QED) is 0.172. The molecule has 0 aromatic heterocycles. The molecule has 0 fully saturated rings. The van der Waals surface area contributed by atoms with Crippen LogP contribution >= 0.6 is 0 Å². The summed E-state index contributed by atoms with van der Waals surface area (Å²) in [5.74, 6) is 0.375. The van der Waals surface area contributed by atoms with Gasteiger partial charge in [0.05, 0.1) is 18.9 Å². The molecule has 176 valence electrons. The molecule has 0 heterocycles. The average Bonchev–Trinajstić information content (AvgIpc) is 2.89. The molecule has 7 nitrogen and oxygen atoms in total. The number of aryl methyl sites for hydroxylation is 1. The highest BCUT2D eigenvalue weighted by atomic mass is 16.5. The van der Waals surface area contributed by atoms with Crippen molar-refractivity contribution in [2.24, 2.45) is 5.10 Å². The standard InChI is InChI=1S/C28H24N2O5/c1-19-11-13-21(14-12-19)28(32)35-24-16-15-20-7-3-4-8-22(20)23(24)17-29-30-27(31)18-34-26-10-6-5-9-25(26)33-2/h3-17H,18H2,1-2H3,(H,30,31). The van der Waals surface area contributed by atoms with Crippen LogP contribution in [0.5, 0.6) is 17.2 Å². The Morgan fingerprint density at radius 1 is 0.857 bits per heavy atom. The molecule has 7 heteroatoms. The summed E-state index contributed by atoms with van der Waals surface area (Å²) in [6, 6.07) is 25.4. The molecule has 0 aliphatic carbocycles. The molecule has 4 aromatic carbocycles. The fourth-order valence-electron chi connectivity index (χ4n) is 3.43. The predicted molar refractivity (Wildman–Crippen MR) is 134 cm³/mol. The van der Waals surface area contributed by atoms with Gasteiger partial charge in [0.1, 0.15) is 5.75 Å². The molecule has 35 heavy (non-hydrogen) atoms. The molecular weight excluding hydrogens is 444 g/mol. The van der Waals surface area contributed by atoms with Gasteiger partial charge in [-0.05, 0) is 48.0 Å². The number of hydrogen-bond donors (Lipinski definition) is 1. The summed E-state index contributed by atoms with van der Waals surface area (Å²) >= 11 is 0. The highest BCUT2D eigenvalue weighted by Gasteiger charge is 2.14. The van der Waals surface area contributed by atoms with Crippen molar-refractivity contribution < 1.29 is 23.8 Å². The van der Waals surface area contributed by atoms with E-state index >= 15 is 0 Å². The van der Waals surface area contributed by atoms with Crippen molar-refractivity contribution in [2.45, 2.75) is 6.92 Å². The topological polar surface area (TPSA) is 86.2 Å². The minimum atomic E-state index is -0.482. The number of rotatable bonds is 8. The number of ether oxygens (including phenoxy) is 3. The first-order chi connectivity index (χ1) is 17.0. The Kier molecular flexibility index (Phi) is 7.37. The lowest BCUT2D eigenvalue weighted by Gasteiger charge is -2.11. The van der Waals surface area contributed by atoms with Gasteiger partial charge in [-0.1, -0.05) is 60.2 Å². The number of hydrazone groups is 1. The normalized spacial score (nSPS) is 10.8. The van der Waals surface area contributed by atoms with Crippen molar-refractivity contribution in [3.05, 3.63) is 102 Å². The summed E-state index contributed by atoms with van der Waals surface area (Å²) in [7, 11) is 1.53. The average molecular weight is 469 g/mol. The molecule has 4 aromatic rings. The fraction of sp³-hybridized carbons (Fsp3) is 0.107. The van der Waals surface area contributed by atoms with Gasteiger partial charge >= 0.3 is 5.97 Å². The van der Waals surface area contributed by atoms with E-state index in [1.165, 1.54) is 13.3 Å². The van der Waals surface area contributed by atoms with E-state index in [4.69, 9.17) is 14.2 Å². The molecule has 4 rings (SSSR count). The number of amides is 1. The smallest absolute Gasteiger partial charge is 0.343 e. The second kappa shape index (κ2) is 11.0. The first-order valence-corrected chi connectivity index (χ1v) is 10.9. The molecule has 0 saturated carbocycles. The van der Waals surface area contributed by atoms with E-state index in [9.17, 15) is 9.59 Å². The Hall–Kier alpha value is -4.65. The number of methoxy groups -OCH3 is 1. The van der Waals surface area contributed by atoms with Gasteiger partial charge < -0.3 is 14.2 Å². The summed E-state index contributed by atoms with van der Waals surface area (Å²) in [6.45, 7) is 1.70. The molecule has 0 aliphatic rings. The summed E-state index contributed by atoms with van der Waals surface area (Å²) < 4.78 is 16.4. The molecule has 0 aliphatic heterocycles. The molecule has 1 amide bonds. The monoisotopic (exact) mass is 468 g/mol. The first-order valence-electron chi connectivity index (χ1n) is 10.9. The maximum atomic E-state index is 12.7. The molecule has 0 bridgehead atoms. The van der Waals surface area contributed by atoms with Gasteiger partial charge in [0.2, 0.25) is 0 Å². The van der Waals surface area contributed by atoms with Crippen LogP contribution < -0.4 is 19.6 Å². The highest BCUT2D eigenvalue weighted by Crippen LogP contribution is 2.28. The van der Waals surface area contributed by atoms with Crippen LogP contribution in [0, 0.1) is 6.92 Å². The number of nitrogens with zero attached hydrogens (tertiary/aromatic N) is 1. The van der Waals surface area contributed by atoms with Crippen LogP contribution in [0.15, 0.2) is 90.0 Å². The van der Waals surface area contributed by atoms with Crippen LogP contribution in [0.3, 0.4) is 0 Å². The molecule has 1 N–H and O–H groups in total.